The molecule has 3 rings (SSSR count). The average Bonchev–Trinajstić information content (AvgIpc) is 2.58. The van der Waals surface area contributed by atoms with Crippen molar-refractivity contribution in [2.45, 2.75) is 26.8 Å². The van der Waals surface area contributed by atoms with Gasteiger partial charge in [0.25, 0.3) is 0 Å². The Bertz CT molecular complexity index is 633. The quantitative estimate of drug-likeness (QED) is 0.872. The van der Waals surface area contributed by atoms with Crippen molar-refractivity contribution in [3.63, 3.8) is 0 Å². The molecular weight excluding hydrogens is 274 g/mol. The fourth-order valence-electron chi connectivity index (χ4n) is 2.90. The standard InChI is InChI=1S/C18H23N3O/c1-13-12-19-20-18(14(13)2)17-6-4-16(5-7-17)15(3)21-8-10-22-11-9-21/h4-7,12,15H,8-11H2,1-3H3. The molecule has 1 aromatic heterocycles. The van der Waals surface area contributed by atoms with Crippen molar-refractivity contribution in [3.05, 3.63) is 47.2 Å². The van der Waals surface area contributed by atoms with E-state index < -0.39 is 0 Å². The van der Waals surface area contributed by atoms with Crippen LogP contribution in [0.4, 0.5) is 0 Å². The molecule has 1 aliphatic rings. The zero-order valence-corrected chi connectivity index (χ0v) is 13.5. The van der Waals surface area contributed by atoms with Crippen LogP contribution in [0, 0.1) is 13.8 Å². The second-order valence-electron chi connectivity index (χ2n) is 5.95. The summed E-state index contributed by atoms with van der Waals surface area (Å²) in [5.41, 5.74) is 5.82. The Morgan fingerprint density at radius 1 is 1.09 bits per heavy atom. The highest BCUT2D eigenvalue weighted by molar-refractivity contribution is 5.63. The minimum atomic E-state index is 0.419. The molecule has 1 saturated heterocycles. The van der Waals surface area contributed by atoms with E-state index in [1.54, 1.807) is 0 Å². The lowest BCUT2D eigenvalue weighted by atomic mass is 10.0. The molecule has 1 atom stereocenters. The first-order valence-corrected chi connectivity index (χ1v) is 7.88. The Balaban J connectivity index is 1.81. The molecule has 1 unspecified atom stereocenters. The van der Waals surface area contributed by atoms with Gasteiger partial charge in [-0.3, -0.25) is 4.90 Å². The van der Waals surface area contributed by atoms with Crippen molar-refractivity contribution in [1.29, 1.82) is 0 Å². The van der Waals surface area contributed by atoms with Crippen LogP contribution in [0.15, 0.2) is 30.5 Å². The van der Waals surface area contributed by atoms with Crippen LogP contribution in [0.5, 0.6) is 0 Å². The van der Waals surface area contributed by atoms with E-state index in [1.165, 1.54) is 16.7 Å². The van der Waals surface area contributed by atoms with Gasteiger partial charge in [0.1, 0.15) is 0 Å². The molecule has 0 amide bonds. The van der Waals surface area contributed by atoms with Crippen molar-refractivity contribution in [1.82, 2.24) is 15.1 Å². The topological polar surface area (TPSA) is 38.2 Å². The molecule has 1 aromatic carbocycles. The van der Waals surface area contributed by atoms with Crippen LogP contribution in [0.25, 0.3) is 11.3 Å². The zero-order valence-electron chi connectivity index (χ0n) is 13.5. The summed E-state index contributed by atoms with van der Waals surface area (Å²) < 4.78 is 5.43. The van der Waals surface area contributed by atoms with E-state index >= 15 is 0 Å². The molecule has 0 spiro atoms. The van der Waals surface area contributed by atoms with Crippen molar-refractivity contribution in [2.24, 2.45) is 0 Å². The van der Waals surface area contributed by atoms with E-state index in [1.807, 2.05) is 6.20 Å². The molecule has 2 aromatic rings. The van der Waals surface area contributed by atoms with Crippen LogP contribution in [-0.4, -0.2) is 41.4 Å². The Hall–Kier alpha value is -1.78. The summed E-state index contributed by atoms with van der Waals surface area (Å²) >= 11 is 0. The number of rotatable bonds is 3. The Kier molecular flexibility index (Phi) is 4.50. The summed E-state index contributed by atoms with van der Waals surface area (Å²) in [4.78, 5) is 2.47. The van der Waals surface area contributed by atoms with Gasteiger partial charge >= 0.3 is 0 Å². The lowest BCUT2D eigenvalue weighted by Crippen LogP contribution is -2.37. The van der Waals surface area contributed by atoms with Gasteiger partial charge in [-0.25, -0.2) is 0 Å². The third kappa shape index (κ3) is 3.03. The van der Waals surface area contributed by atoms with E-state index in [-0.39, 0.29) is 0 Å². The molecule has 2 heterocycles. The molecule has 4 nitrogen and oxygen atoms in total. The summed E-state index contributed by atoms with van der Waals surface area (Å²) in [5, 5.41) is 8.38. The number of morpholine rings is 1. The van der Waals surface area contributed by atoms with Gasteiger partial charge in [0, 0.05) is 24.7 Å². The van der Waals surface area contributed by atoms with Crippen molar-refractivity contribution < 1.29 is 4.74 Å². The predicted molar refractivity (Wildman–Crippen MR) is 87.7 cm³/mol. The molecule has 116 valence electrons. The van der Waals surface area contributed by atoms with E-state index in [0.717, 1.165) is 37.6 Å². The maximum absolute atomic E-state index is 5.43. The van der Waals surface area contributed by atoms with Crippen molar-refractivity contribution in [2.75, 3.05) is 26.3 Å². The van der Waals surface area contributed by atoms with Crippen LogP contribution in [0.2, 0.25) is 0 Å². The van der Waals surface area contributed by atoms with E-state index in [0.29, 0.717) is 6.04 Å². The van der Waals surface area contributed by atoms with Gasteiger partial charge in [-0.2, -0.15) is 10.2 Å². The molecule has 0 bridgehead atoms. The number of nitrogens with zero attached hydrogens (tertiary/aromatic N) is 3. The summed E-state index contributed by atoms with van der Waals surface area (Å²) in [5.74, 6) is 0. The molecular formula is C18H23N3O. The molecule has 0 aliphatic carbocycles. The minimum Gasteiger partial charge on any atom is -0.379 e. The van der Waals surface area contributed by atoms with Gasteiger partial charge < -0.3 is 4.74 Å². The number of hydrogen-bond donors (Lipinski definition) is 0. The first-order chi connectivity index (χ1) is 10.7. The third-order valence-electron chi connectivity index (χ3n) is 4.62. The number of hydrogen-bond acceptors (Lipinski definition) is 4. The normalized spacial score (nSPS) is 17.4. The van der Waals surface area contributed by atoms with Gasteiger partial charge in [0.15, 0.2) is 0 Å². The minimum absolute atomic E-state index is 0.419. The van der Waals surface area contributed by atoms with E-state index in [9.17, 15) is 0 Å². The maximum Gasteiger partial charge on any atom is 0.0961 e. The van der Waals surface area contributed by atoms with Crippen molar-refractivity contribution >= 4 is 0 Å². The highest BCUT2D eigenvalue weighted by Gasteiger charge is 2.18. The summed E-state index contributed by atoms with van der Waals surface area (Å²) in [6.45, 7) is 10.1. The average molecular weight is 297 g/mol. The Labute approximate surface area is 132 Å². The molecule has 0 saturated carbocycles. The summed E-state index contributed by atoms with van der Waals surface area (Å²) in [7, 11) is 0. The van der Waals surface area contributed by atoms with E-state index in [2.05, 4.69) is 60.1 Å². The molecule has 0 N–H and O–H groups in total. The van der Waals surface area contributed by atoms with Gasteiger partial charge in [-0.15, -0.1) is 0 Å². The van der Waals surface area contributed by atoms with Gasteiger partial charge in [0.05, 0.1) is 25.1 Å². The highest BCUT2D eigenvalue weighted by Crippen LogP contribution is 2.26. The number of aryl methyl sites for hydroxylation is 1. The number of ether oxygens (including phenoxy) is 1. The zero-order chi connectivity index (χ0) is 15.5. The van der Waals surface area contributed by atoms with Gasteiger partial charge in [0.2, 0.25) is 0 Å². The van der Waals surface area contributed by atoms with Crippen LogP contribution in [0.3, 0.4) is 0 Å². The summed E-state index contributed by atoms with van der Waals surface area (Å²) in [6.07, 6.45) is 1.81. The van der Waals surface area contributed by atoms with Crippen LogP contribution >= 0.6 is 0 Å². The van der Waals surface area contributed by atoms with Crippen LogP contribution in [-0.2, 0) is 4.74 Å². The largest absolute Gasteiger partial charge is 0.379 e. The monoisotopic (exact) mass is 297 g/mol. The second kappa shape index (κ2) is 6.55. The SMILES string of the molecule is Cc1cnnc(-c2ccc(C(C)N3CCOCC3)cc2)c1C. The molecule has 22 heavy (non-hydrogen) atoms. The predicted octanol–water partition coefficient (Wildman–Crippen LogP) is 3.15. The van der Waals surface area contributed by atoms with Crippen molar-refractivity contribution in [3.8, 4) is 11.3 Å². The second-order valence-corrected chi connectivity index (χ2v) is 5.95. The molecule has 1 fully saturated rings. The number of aromatic nitrogens is 2. The lowest BCUT2D eigenvalue weighted by molar-refractivity contribution is 0.0198. The highest BCUT2D eigenvalue weighted by atomic mass is 16.5. The van der Waals surface area contributed by atoms with Gasteiger partial charge in [-0.05, 0) is 37.5 Å². The molecule has 0 radical (unpaired) electrons. The maximum atomic E-state index is 5.43. The van der Waals surface area contributed by atoms with E-state index in [4.69, 9.17) is 4.74 Å². The fraction of sp³-hybridized carbons (Fsp3) is 0.444. The molecule has 1 aliphatic heterocycles. The molecule has 4 heteroatoms. The Morgan fingerprint density at radius 2 is 1.77 bits per heavy atom. The van der Waals surface area contributed by atoms with Crippen LogP contribution < -0.4 is 0 Å². The fourth-order valence-corrected chi connectivity index (χ4v) is 2.90. The summed E-state index contributed by atoms with van der Waals surface area (Å²) in [6, 6.07) is 9.14. The van der Waals surface area contributed by atoms with Gasteiger partial charge in [-0.1, -0.05) is 24.3 Å². The smallest absolute Gasteiger partial charge is 0.0961 e. The first kappa shape index (κ1) is 15.1. The lowest BCUT2D eigenvalue weighted by Gasteiger charge is -2.32. The Morgan fingerprint density at radius 3 is 2.45 bits per heavy atom. The van der Waals surface area contributed by atoms with Crippen LogP contribution in [0.1, 0.15) is 29.7 Å². The first-order valence-electron chi connectivity index (χ1n) is 7.88. The third-order valence-corrected chi connectivity index (χ3v) is 4.62. The number of benzene rings is 1.